The van der Waals surface area contributed by atoms with E-state index in [1.54, 1.807) is 12.1 Å². The Balaban J connectivity index is 1.38. The topological polar surface area (TPSA) is 60.2 Å². The van der Waals surface area contributed by atoms with Crippen LogP contribution in [0.4, 0.5) is 0 Å². The van der Waals surface area contributed by atoms with Crippen LogP contribution in [0.15, 0.2) is 65.4 Å². The molecule has 1 aliphatic heterocycles. The second kappa shape index (κ2) is 11.3. The molecule has 7 heteroatoms. The molecule has 2 N–H and O–H groups in total. The van der Waals surface area contributed by atoms with Gasteiger partial charge in [0.2, 0.25) is 5.60 Å². The van der Waals surface area contributed by atoms with Crippen molar-refractivity contribution in [3.63, 3.8) is 0 Å². The molecule has 0 aliphatic carbocycles. The number of esters is 1. The molecule has 0 spiro atoms. The average molecular weight is 487 g/mol. The van der Waals surface area contributed by atoms with Crippen molar-refractivity contribution in [3.8, 4) is 5.75 Å². The standard InChI is InChI=1S/C26H31NO4S2/c1-2-20-13-15-27(14-8-16-30-21-9-4-3-5-10-21)19-22(20)31-25(28)26(29,23-11-6-17-32-23)24-12-7-18-33-24/h3-7,9-12,17-18,20,22,29H,2,8,13-16,19H2,1H3/p+1/t20?,22-/m1/s1. The van der Waals surface area contributed by atoms with Gasteiger partial charge in [-0.3, -0.25) is 0 Å². The molecule has 1 aromatic carbocycles. The summed E-state index contributed by atoms with van der Waals surface area (Å²) < 4.78 is 11.9. The fourth-order valence-corrected chi connectivity index (χ4v) is 6.22. The highest BCUT2D eigenvalue weighted by atomic mass is 32.1. The molecule has 1 fully saturated rings. The summed E-state index contributed by atoms with van der Waals surface area (Å²) in [7, 11) is 0. The Morgan fingerprint density at radius 2 is 1.79 bits per heavy atom. The third-order valence-corrected chi connectivity index (χ3v) is 8.36. The predicted molar refractivity (Wildman–Crippen MR) is 132 cm³/mol. The van der Waals surface area contributed by atoms with Crippen molar-refractivity contribution >= 4 is 28.6 Å². The van der Waals surface area contributed by atoms with Gasteiger partial charge in [0.05, 0.1) is 29.5 Å². The molecule has 176 valence electrons. The smallest absolute Gasteiger partial charge is 0.349 e. The Hall–Kier alpha value is -2.19. The van der Waals surface area contributed by atoms with E-state index in [1.807, 2.05) is 53.2 Å². The molecule has 0 radical (unpaired) electrons. The quantitative estimate of drug-likeness (QED) is 0.339. The average Bonchev–Trinajstić information content (AvgIpc) is 3.57. The Morgan fingerprint density at radius 1 is 1.09 bits per heavy atom. The minimum Gasteiger partial charge on any atom is -0.493 e. The van der Waals surface area contributed by atoms with Gasteiger partial charge in [0.15, 0.2) is 6.10 Å². The number of aliphatic hydroxyl groups is 1. The lowest BCUT2D eigenvalue weighted by Gasteiger charge is -2.36. The lowest BCUT2D eigenvalue weighted by atomic mass is 9.90. The first-order valence-corrected chi connectivity index (χ1v) is 13.4. The summed E-state index contributed by atoms with van der Waals surface area (Å²) in [6.07, 6.45) is 2.71. The Labute approximate surface area is 203 Å². The minimum atomic E-state index is -1.75. The van der Waals surface area contributed by atoms with Crippen LogP contribution in [0.3, 0.4) is 0 Å². The molecule has 0 amide bonds. The van der Waals surface area contributed by atoms with Crippen LogP contribution in [0.25, 0.3) is 0 Å². The number of para-hydroxylation sites is 1. The zero-order valence-electron chi connectivity index (χ0n) is 18.9. The fourth-order valence-electron chi connectivity index (χ4n) is 4.50. The number of likely N-dealkylation sites (tertiary alicyclic amines) is 1. The van der Waals surface area contributed by atoms with Crippen molar-refractivity contribution in [3.05, 3.63) is 75.1 Å². The van der Waals surface area contributed by atoms with Crippen molar-refractivity contribution in [2.24, 2.45) is 5.92 Å². The van der Waals surface area contributed by atoms with E-state index in [0.717, 1.165) is 44.6 Å². The lowest BCUT2D eigenvalue weighted by molar-refractivity contribution is -0.909. The SMILES string of the molecule is CCC1CC[NH+](CCCOc2ccccc2)C[C@H]1OC(=O)C(O)(c1cccs1)c1cccs1. The van der Waals surface area contributed by atoms with Crippen LogP contribution >= 0.6 is 22.7 Å². The number of carbonyl (C=O) groups is 1. The highest BCUT2D eigenvalue weighted by molar-refractivity contribution is 7.12. The van der Waals surface area contributed by atoms with Gasteiger partial charge in [-0.25, -0.2) is 4.79 Å². The van der Waals surface area contributed by atoms with Crippen molar-refractivity contribution in [2.45, 2.75) is 37.9 Å². The number of hydrogen-bond acceptors (Lipinski definition) is 6. The molecule has 1 saturated heterocycles. The molecule has 0 bridgehead atoms. The number of carbonyl (C=O) groups excluding carboxylic acids is 1. The third kappa shape index (κ3) is 5.66. The van der Waals surface area contributed by atoms with Crippen LogP contribution in [-0.4, -0.2) is 43.4 Å². The number of hydrogen-bond donors (Lipinski definition) is 2. The molecule has 3 atom stereocenters. The summed E-state index contributed by atoms with van der Waals surface area (Å²) in [5.74, 6) is 0.643. The maximum atomic E-state index is 13.4. The van der Waals surface area contributed by atoms with Crippen LogP contribution in [0.1, 0.15) is 35.9 Å². The normalized spacial score (nSPS) is 21.0. The second-order valence-corrected chi connectivity index (χ2v) is 10.4. The summed E-state index contributed by atoms with van der Waals surface area (Å²) >= 11 is 2.75. The summed E-state index contributed by atoms with van der Waals surface area (Å²) in [5, 5.41) is 15.3. The van der Waals surface area contributed by atoms with E-state index in [4.69, 9.17) is 9.47 Å². The van der Waals surface area contributed by atoms with Crippen LogP contribution in [0, 0.1) is 5.92 Å². The number of quaternary nitrogens is 1. The highest BCUT2D eigenvalue weighted by Crippen LogP contribution is 2.37. The largest absolute Gasteiger partial charge is 0.493 e. The van der Waals surface area contributed by atoms with E-state index < -0.39 is 11.6 Å². The molecule has 2 aromatic heterocycles. The van der Waals surface area contributed by atoms with Crippen LogP contribution in [0.5, 0.6) is 5.75 Å². The molecule has 5 nitrogen and oxygen atoms in total. The summed E-state index contributed by atoms with van der Waals surface area (Å²) in [6.45, 7) is 5.62. The monoisotopic (exact) mass is 486 g/mol. The number of ether oxygens (including phenoxy) is 2. The first-order chi connectivity index (χ1) is 16.1. The molecule has 0 saturated carbocycles. The second-order valence-electron chi connectivity index (χ2n) is 8.53. The molecule has 4 rings (SSSR count). The number of piperidine rings is 1. The maximum Gasteiger partial charge on any atom is 0.349 e. The first-order valence-electron chi connectivity index (χ1n) is 11.6. The maximum absolute atomic E-state index is 13.4. The zero-order valence-corrected chi connectivity index (χ0v) is 20.6. The van der Waals surface area contributed by atoms with Gasteiger partial charge >= 0.3 is 5.97 Å². The summed E-state index contributed by atoms with van der Waals surface area (Å²) in [6, 6.07) is 17.2. The van der Waals surface area contributed by atoms with Gasteiger partial charge in [-0.1, -0.05) is 37.3 Å². The van der Waals surface area contributed by atoms with Crippen molar-refractivity contribution in [1.82, 2.24) is 0 Å². The van der Waals surface area contributed by atoms with Gasteiger partial charge in [0.1, 0.15) is 12.3 Å². The number of rotatable bonds is 10. The molecule has 3 heterocycles. The van der Waals surface area contributed by atoms with Crippen LogP contribution in [-0.2, 0) is 15.1 Å². The van der Waals surface area contributed by atoms with E-state index in [1.165, 1.54) is 27.6 Å². The fraction of sp³-hybridized carbons (Fsp3) is 0.423. The van der Waals surface area contributed by atoms with Crippen molar-refractivity contribution < 1.29 is 24.3 Å². The third-order valence-electron chi connectivity index (χ3n) is 6.40. The highest BCUT2D eigenvalue weighted by Gasteiger charge is 2.46. The first kappa shape index (κ1) is 24.0. The lowest BCUT2D eigenvalue weighted by Crippen LogP contribution is -3.14. The van der Waals surface area contributed by atoms with Gasteiger partial charge in [-0.2, -0.15) is 0 Å². The van der Waals surface area contributed by atoms with Gasteiger partial charge in [-0.05, 0) is 41.4 Å². The number of nitrogens with one attached hydrogen (secondary N) is 1. The van der Waals surface area contributed by atoms with Gasteiger partial charge in [-0.15, -0.1) is 22.7 Å². The predicted octanol–water partition coefficient (Wildman–Crippen LogP) is 3.74. The Kier molecular flexibility index (Phi) is 8.20. The van der Waals surface area contributed by atoms with E-state index in [-0.39, 0.29) is 6.10 Å². The van der Waals surface area contributed by atoms with Crippen molar-refractivity contribution in [1.29, 1.82) is 0 Å². The van der Waals surface area contributed by atoms with Gasteiger partial charge in [0, 0.05) is 18.8 Å². The molecular weight excluding hydrogens is 454 g/mol. The molecule has 2 unspecified atom stereocenters. The molecular formula is C26H32NO4S2+. The number of thiophene rings is 2. The molecule has 33 heavy (non-hydrogen) atoms. The number of benzene rings is 1. The summed E-state index contributed by atoms with van der Waals surface area (Å²) in [4.78, 5) is 16.0. The molecule has 3 aromatic rings. The van der Waals surface area contributed by atoms with Gasteiger partial charge in [0.25, 0.3) is 0 Å². The van der Waals surface area contributed by atoms with E-state index in [2.05, 4.69) is 6.92 Å². The van der Waals surface area contributed by atoms with Crippen LogP contribution < -0.4 is 9.64 Å². The molecule has 1 aliphatic rings. The van der Waals surface area contributed by atoms with E-state index >= 15 is 0 Å². The van der Waals surface area contributed by atoms with E-state index in [0.29, 0.717) is 22.3 Å². The Bertz CT molecular complexity index is 941. The Morgan fingerprint density at radius 3 is 2.39 bits per heavy atom. The van der Waals surface area contributed by atoms with Gasteiger partial charge < -0.3 is 19.5 Å². The summed E-state index contributed by atoms with van der Waals surface area (Å²) in [5.41, 5.74) is -1.75. The van der Waals surface area contributed by atoms with Crippen LogP contribution in [0.2, 0.25) is 0 Å². The van der Waals surface area contributed by atoms with Crippen molar-refractivity contribution in [2.75, 3.05) is 26.2 Å². The van der Waals surface area contributed by atoms with E-state index in [9.17, 15) is 9.90 Å². The zero-order chi connectivity index (χ0) is 23.1. The minimum absolute atomic E-state index is 0.201.